The highest BCUT2D eigenvalue weighted by atomic mass is 32.2. The van der Waals surface area contributed by atoms with Gasteiger partial charge in [0.2, 0.25) is 0 Å². The summed E-state index contributed by atoms with van der Waals surface area (Å²) < 4.78 is 51.2. The number of fused-ring (bicyclic) bond motifs is 1. The maximum atomic E-state index is 12.2. The zero-order valence-electron chi connectivity index (χ0n) is 14.9. The van der Waals surface area contributed by atoms with Crippen molar-refractivity contribution in [2.75, 3.05) is 19.8 Å². The molecule has 0 radical (unpaired) electrons. The van der Waals surface area contributed by atoms with E-state index >= 15 is 0 Å². The summed E-state index contributed by atoms with van der Waals surface area (Å²) in [5, 5.41) is -0.688. The molecule has 3 saturated heterocycles. The molecule has 0 saturated carbocycles. The third-order valence-corrected chi connectivity index (χ3v) is 7.44. The maximum Gasteiger partial charge on any atom is 0.344 e. The number of hydrogen-bond acceptors (Lipinski definition) is 9. The first kappa shape index (κ1) is 19.3. The highest BCUT2D eigenvalue weighted by Gasteiger charge is 2.82. The number of hydrogen-bond donors (Lipinski definition) is 0. The Morgan fingerprint density at radius 1 is 1.23 bits per heavy atom. The van der Waals surface area contributed by atoms with Crippen molar-refractivity contribution < 1.29 is 41.1 Å². The average Bonchev–Trinajstić information content (AvgIpc) is 3.07. The van der Waals surface area contributed by atoms with E-state index in [1.165, 1.54) is 0 Å². The minimum atomic E-state index is -3.71. The van der Waals surface area contributed by atoms with Gasteiger partial charge in [-0.2, -0.15) is 8.42 Å². The summed E-state index contributed by atoms with van der Waals surface area (Å²) in [7, 11) is -3.71. The van der Waals surface area contributed by atoms with Gasteiger partial charge in [0.1, 0.15) is 29.2 Å². The van der Waals surface area contributed by atoms with Gasteiger partial charge in [0.25, 0.3) is 10.1 Å². The van der Waals surface area contributed by atoms with Gasteiger partial charge in [0.05, 0.1) is 12.2 Å². The van der Waals surface area contributed by atoms with Gasteiger partial charge in [-0.05, 0) is 20.8 Å². The number of rotatable bonds is 7. The smallest absolute Gasteiger partial charge is 0.344 e. The summed E-state index contributed by atoms with van der Waals surface area (Å²) in [5.41, 5.74) is -3.01. The van der Waals surface area contributed by atoms with Crippen molar-refractivity contribution in [1.29, 1.82) is 0 Å². The molecule has 0 spiro atoms. The van der Waals surface area contributed by atoms with E-state index in [1.807, 2.05) is 0 Å². The first-order chi connectivity index (χ1) is 12.0. The molecular formula is C16H22O9S. The largest absolute Gasteiger partial charge is 0.461 e. The minimum Gasteiger partial charge on any atom is -0.461 e. The molecule has 146 valence electrons. The third-order valence-electron chi connectivity index (χ3n) is 5.71. The minimum absolute atomic E-state index is 0.00692. The molecule has 26 heavy (non-hydrogen) atoms. The van der Waals surface area contributed by atoms with Gasteiger partial charge in [-0.25, -0.2) is 9.59 Å². The fourth-order valence-electron chi connectivity index (χ4n) is 4.08. The predicted molar refractivity (Wildman–Crippen MR) is 86.6 cm³/mol. The predicted octanol–water partition coefficient (Wildman–Crippen LogP) is 0.0826. The molecule has 3 fully saturated rings. The Balaban J connectivity index is 1.58. The maximum absolute atomic E-state index is 12.2. The van der Waals surface area contributed by atoms with E-state index < -0.39 is 56.8 Å². The lowest BCUT2D eigenvalue weighted by atomic mass is 9.67. The van der Waals surface area contributed by atoms with Gasteiger partial charge in [-0.15, -0.1) is 0 Å². The Labute approximate surface area is 151 Å². The summed E-state index contributed by atoms with van der Waals surface area (Å²) in [5.74, 6) is -1.45. The molecule has 10 heteroatoms. The molecular weight excluding hydrogens is 368 g/mol. The fraction of sp³-hybridized carbons (Fsp3) is 0.750. The van der Waals surface area contributed by atoms with Gasteiger partial charge in [0.15, 0.2) is 6.61 Å². The highest BCUT2D eigenvalue weighted by Crippen LogP contribution is 2.64. The summed E-state index contributed by atoms with van der Waals surface area (Å²) >= 11 is 0. The first-order valence-corrected chi connectivity index (χ1v) is 9.67. The standard InChI is InChI=1S/C16H22O9S/c1-5-11(17)22-9-12(18)21-6-7-23-16(4)14(2)8-10-13(24-14)15(16,3)25-26(10,19)20/h5,10,13H,1,6-9H2,2-4H3. The van der Waals surface area contributed by atoms with Crippen LogP contribution >= 0.6 is 0 Å². The summed E-state index contributed by atoms with van der Waals surface area (Å²) in [4.78, 5) is 22.4. The van der Waals surface area contributed by atoms with E-state index in [0.717, 1.165) is 6.08 Å². The molecule has 0 N–H and O–H groups in total. The van der Waals surface area contributed by atoms with Crippen molar-refractivity contribution in [2.45, 2.75) is 55.3 Å². The van der Waals surface area contributed by atoms with E-state index in [-0.39, 0.29) is 19.6 Å². The normalized spacial score (nSPS) is 41.8. The molecule has 3 aliphatic rings. The fourth-order valence-corrected chi connectivity index (χ4v) is 6.08. The lowest BCUT2D eigenvalue weighted by molar-refractivity contribution is -0.185. The SMILES string of the molecule is C=CC(=O)OCC(=O)OCCOC1(C)C2(C)CC3C(O2)C1(C)OS3(=O)=O. The van der Waals surface area contributed by atoms with Crippen LogP contribution in [0.5, 0.6) is 0 Å². The molecule has 0 aromatic heterocycles. The van der Waals surface area contributed by atoms with Crippen LogP contribution in [0.3, 0.4) is 0 Å². The monoisotopic (exact) mass is 390 g/mol. The molecule has 0 amide bonds. The van der Waals surface area contributed by atoms with Crippen LogP contribution in [0.2, 0.25) is 0 Å². The van der Waals surface area contributed by atoms with Crippen LogP contribution < -0.4 is 0 Å². The van der Waals surface area contributed by atoms with E-state index in [9.17, 15) is 18.0 Å². The van der Waals surface area contributed by atoms with Crippen molar-refractivity contribution in [3.05, 3.63) is 12.7 Å². The molecule has 0 aromatic rings. The van der Waals surface area contributed by atoms with Crippen molar-refractivity contribution in [3.8, 4) is 0 Å². The number of ether oxygens (including phenoxy) is 4. The molecule has 0 aromatic carbocycles. The average molecular weight is 390 g/mol. The summed E-state index contributed by atoms with van der Waals surface area (Å²) in [6, 6.07) is 0. The van der Waals surface area contributed by atoms with Crippen molar-refractivity contribution >= 4 is 22.1 Å². The Kier molecular flexibility index (Phi) is 4.46. The van der Waals surface area contributed by atoms with Crippen molar-refractivity contribution in [2.24, 2.45) is 0 Å². The number of esters is 2. The van der Waals surface area contributed by atoms with Crippen LogP contribution in [-0.4, -0.2) is 68.3 Å². The van der Waals surface area contributed by atoms with Crippen LogP contribution in [0, 0.1) is 0 Å². The lowest BCUT2D eigenvalue weighted by Crippen LogP contribution is -2.63. The molecule has 5 atom stereocenters. The van der Waals surface area contributed by atoms with E-state index in [4.69, 9.17) is 18.4 Å². The van der Waals surface area contributed by atoms with Gasteiger partial charge < -0.3 is 18.9 Å². The topological polar surface area (TPSA) is 114 Å². The van der Waals surface area contributed by atoms with E-state index in [1.54, 1.807) is 20.8 Å². The van der Waals surface area contributed by atoms with Crippen LogP contribution in [0.25, 0.3) is 0 Å². The van der Waals surface area contributed by atoms with Crippen LogP contribution in [0.15, 0.2) is 12.7 Å². The quantitative estimate of drug-likeness (QED) is 0.258. The van der Waals surface area contributed by atoms with Crippen molar-refractivity contribution in [3.63, 3.8) is 0 Å². The second kappa shape index (κ2) is 6.01. The van der Waals surface area contributed by atoms with Crippen LogP contribution in [-0.2, 0) is 42.8 Å². The number of carbonyl (C=O) groups excluding carboxylic acids is 2. The van der Waals surface area contributed by atoms with E-state index in [2.05, 4.69) is 11.3 Å². The van der Waals surface area contributed by atoms with Gasteiger partial charge >= 0.3 is 11.9 Å². The first-order valence-electron chi connectivity index (χ1n) is 8.20. The second-order valence-corrected chi connectivity index (χ2v) is 8.87. The van der Waals surface area contributed by atoms with Crippen molar-refractivity contribution in [1.82, 2.24) is 0 Å². The zero-order chi connectivity index (χ0) is 19.4. The van der Waals surface area contributed by atoms with Gasteiger partial charge in [-0.3, -0.25) is 4.18 Å². The Morgan fingerprint density at radius 3 is 2.58 bits per heavy atom. The Bertz CT molecular complexity index is 747. The Morgan fingerprint density at radius 2 is 1.92 bits per heavy atom. The molecule has 5 unspecified atom stereocenters. The molecule has 3 aliphatic heterocycles. The molecule has 3 rings (SSSR count). The van der Waals surface area contributed by atoms with Gasteiger partial charge in [-0.1, -0.05) is 6.58 Å². The lowest BCUT2D eigenvalue weighted by Gasteiger charge is -2.45. The number of carbonyl (C=O) groups is 2. The molecule has 0 aliphatic carbocycles. The third kappa shape index (κ3) is 2.58. The second-order valence-electron chi connectivity index (χ2n) is 7.11. The zero-order valence-corrected chi connectivity index (χ0v) is 15.7. The van der Waals surface area contributed by atoms with Crippen LogP contribution in [0.4, 0.5) is 0 Å². The Hall–Kier alpha value is -1.49. The van der Waals surface area contributed by atoms with E-state index in [0.29, 0.717) is 0 Å². The van der Waals surface area contributed by atoms with Gasteiger partial charge in [0, 0.05) is 12.5 Å². The summed E-state index contributed by atoms with van der Waals surface area (Å²) in [6.07, 6.45) is 0.628. The molecule has 2 bridgehead atoms. The summed E-state index contributed by atoms with van der Waals surface area (Å²) in [6.45, 7) is 7.82. The highest BCUT2D eigenvalue weighted by molar-refractivity contribution is 7.87. The molecule has 9 nitrogen and oxygen atoms in total. The molecule has 3 heterocycles. The van der Waals surface area contributed by atoms with Crippen LogP contribution in [0.1, 0.15) is 27.2 Å².